The van der Waals surface area contributed by atoms with Crippen molar-refractivity contribution in [2.45, 2.75) is 38.1 Å². The highest BCUT2D eigenvalue weighted by Gasteiger charge is 2.56. The number of nitrogens with zero attached hydrogens (tertiary/aromatic N) is 4. The van der Waals surface area contributed by atoms with E-state index in [2.05, 4.69) is 24.6 Å². The molecule has 1 amide bonds. The number of sulfone groups is 1. The van der Waals surface area contributed by atoms with Crippen molar-refractivity contribution >= 4 is 42.8 Å². The first kappa shape index (κ1) is 22.5. The van der Waals surface area contributed by atoms with E-state index in [0.29, 0.717) is 19.5 Å². The second kappa shape index (κ2) is 7.91. The van der Waals surface area contributed by atoms with Gasteiger partial charge in [-0.15, -0.1) is 0 Å². The van der Waals surface area contributed by atoms with Crippen LogP contribution in [0.25, 0.3) is 11.0 Å². The Labute approximate surface area is 193 Å². The number of aromatic amines is 1. The molecule has 2 N–H and O–H groups in total. The van der Waals surface area contributed by atoms with E-state index >= 15 is 0 Å². The summed E-state index contributed by atoms with van der Waals surface area (Å²) in [6, 6.07) is 1.91. The fourth-order valence-corrected chi connectivity index (χ4v) is 8.68. The molecule has 0 bridgehead atoms. The van der Waals surface area contributed by atoms with Crippen LogP contribution in [0.2, 0.25) is 0 Å². The maximum atomic E-state index is 13.1. The first-order valence-electron chi connectivity index (χ1n) is 11.2. The number of hydrogen-bond acceptors (Lipinski definition) is 8. The molecule has 2 unspecified atom stereocenters. The van der Waals surface area contributed by atoms with Gasteiger partial charge >= 0.3 is 10.2 Å². The SMILES string of the molecule is CC(CC(=O)NS(=O)(=O)N1CCN(c2ncnc3[nH]ccc23)CC12CC2)C1CCS(=O)(=O)C1. The minimum Gasteiger partial charge on any atom is -0.353 e. The molecule has 1 aliphatic carbocycles. The Morgan fingerprint density at radius 3 is 2.82 bits per heavy atom. The molecule has 180 valence electrons. The summed E-state index contributed by atoms with van der Waals surface area (Å²) < 4.78 is 53.3. The number of rotatable bonds is 6. The van der Waals surface area contributed by atoms with Crippen LogP contribution in [0.3, 0.4) is 0 Å². The molecule has 2 saturated heterocycles. The quantitative estimate of drug-likeness (QED) is 0.586. The van der Waals surface area contributed by atoms with Crippen molar-refractivity contribution in [3.05, 3.63) is 18.6 Å². The van der Waals surface area contributed by atoms with Gasteiger partial charge in [-0.1, -0.05) is 6.92 Å². The van der Waals surface area contributed by atoms with Gasteiger partial charge < -0.3 is 9.88 Å². The Kier molecular flexibility index (Phi) is 5.40. The fourth-order valence-electron chi connectivity index (χ4n) is 5.15. The number of anilines is 1. The normalized spacial score (nSPS) is 25.4. The summed E-state index contributed by atoms with van der Waals surface area (Å²) >= 11 is 0. The number of carbonyl (C=O) groups is 1. The lowest BCUT2D eigenvalue weighted by molar-refractivity contribution is -0.120. The number of nitrogens with one attached hydrogen (secondary N) is 2. The van der Waals surface area contributed by atoms with Crippen molar-refractivity contribution in [1.82, 2.24) is 24.0 Å². The number of amides is 1. The van der Waals surface area contributed by atoms with Crippen LogP contribution in [0.4, 0.5) is 5.82 Å². The average Bonchev–Trinajstić information content (AvgIpc) is 3.16. The molecule has 1 spiro atoms. The molecule has 3 fully saturated rings. The monoisotopic (exact) mass is 496 g/mol. The molecule has 5 rings (SSSR count). The largest absolute Gasteiger partial charge is 0.353 e. The first-order valence-corrected chi connectivity index (χ1v) is 14.4. The van der Waals surface area contributed by atoms with Gasteiger partial charge in [0.05, 0.1) is 22.4 Å². The molecule has 1 saturated carbocycles. The zero-order valence-electron chi connectivity index (χ0n) is 18.4. The van der Waals surface area contributed by atoms with Crippen LogP contribution in [0.5, 0.6) is 0 Å². The van der Waals surface area contributed by atoms with Crippen LogP contribution in [0, 0.1) is 11.8 Å². The minimum absolute atomic E-state index is 0.0151. The fraction of sp³-hybridized carbons (Fsp3) is 0.650. The highest BCUT2D eigenvalue weighted by molar-refractivity contribution is 7.91. The van der Waals surface area contributed by atoms with Crippen LogP contribution in [-0.4, -0.2) is 78.7 Å². The van der Waals surface area contributed by atoms with Crippen molar-refractivity contribution in [3.8, 4) is 0 Å². The highest BCUT2D eigenvalue weighted by atomic mass is 32.2. The Hall–Kier alpha value is -2.25. The summed E-state index contributed by atoms with van der Waals surface area (Å²) in [5, 5.41) is 0.890. The molecule has 2 atom stereocenters. The van der Waals surface area contributed by atoms with E-state index in [0.717, 1.165) is 29.7 Å². The first-order chi connectivity index (χ1) is 15.6. The number of carbonyl (C=O) groups excluding carboxylic acids is 1. The number of aromatic nitrogens is 3. The van der Waals surface area contributed by atoms with Crippen molar-refractivity contribution in [3.63, 3.8) is 0 Å². The van der Waals surface area contributed by atoms with Gasteiger partial charge in [0.2, 0.25) is 5.91 Å². The Morgan fingerprint density at radius 2 is 2.12 bits per heavy atom. The summed E-state index contributed by atoms with van der Waals surface area (Å²) in [6.45, 7) is 3.00. The van der Waals surface area contributed by atoms with Crippen molar-refractivity contribution in [2.75, 3.05) is 36.0 Å². The third-order valence-electron chi connectivity index (χ3n) is 7.16. The van der Waals surface area contributed by atoms with E-state index in [1.807, 2.05) is 13.0 Å². The molecule has 0 aromatic carbocycles. The van der Waals surface area contributed by atoms with Gasteiger partial charge in [-0.05, 0) is 37.2 Å². The second-order valence-electron chi connectivity index (χ2n) is 9.53. The Morgan fingerprint density at radius 1 is 1.33 bits per heavy atom. The van der Waals surface area contributed by atoms with Crippen LogP contribution in [0.1, 0.15) is 32.6 Å². The van der Waals surface area contributed by atoms with Crippen molar-refractivity contribution < 1.29 is 21.6 Å². The van der Waals surface area contributed by atoms with Gasteiger partial charge in [0.15, 0.2) is 9.84 Å². The topological polar surface area (TPSA) is 145 Å². The molecule has 0 radical (unpaired) electrons. The molecule has 13 heteroatoms. The lowest BCUT2D eigenvalue weighted by Crippen LogP contribution is -2.60. The molecule has 11 nitrogen and oxygen atoms in total. The third kappa shape index (κ3) is 4.33. The molecule has 2 aromatic rings. The van der Waals surface area contributed by atoms with Crippen LogP contribution in [0.15, 0.2) is 18.6 Å². The Bertz CT molecular complexity index is 1290. The number of piperazine rings is 1. The smallest absolute Gasteiger partial charge is 0.304 e. The van der Waals surface area contributed by atoms with E-state index in [1.54, 1.807) is 6.20 Å². The molecule has 2 aliphatic heterocycles. The summed E-state index contributed by atoms with van der Waals surface area (Å²) in [5.74, 6) is 0.0711. The van der Waals surface area contributed by atoms with Gasteiger partial charge in [-0.25, -0.2) is 23.1 Å². The molecular weight excluding hydrogens is 468 g/mol. The van der Waals surface area contributed by atoms with Crippen LogP contribution >= 0.6 is 0 Å². The second-order valence-corrected chi connectivity index (χ2v) is 13.4. The maximum Gasteiger partial charge on any atom is 0.304 e. The predicted octanol–water partition coefficient (Wildman–Crippen LogP) is 0.434. The molecule has 2 aromatic heterocycles. The minimum atomic E-state index is -4.01. The van der Waals surface area contributed by atoms with Crippen LogP contribution < -0.4 is 9.62 Å². The van der Waals surface area contributed by atoms with Gasteiger partial charge in [-0.3, -0.25) is 4.79 Å². The van der Waals surface area contributed by atoms with E-state index in [-0.39, 0.29) is 36.3 Å². The molecule has 3 aliphatic rings. The Balaban J connectivity index is 1.25. The molecule has 33 heavy (non-hydrogen) atoms. The van der Waals surface area contributed by atoms with E-state index in [1.165, 1.54) is 10.6 Å². The third-order valence-corrected chi connectivity index (χ3v) is 10.6. The van der Waals surface area contributed by atoms with Gasteiger partial charge in [-0.2, -0.15) is 12.7 Å². The zero-order chi connectivity index (χ0) is 23.4. The summed E-state index contributed by atoms with van der Waals surface area (Å²) in [4.78, 5) is 26.4. The zero-order valence-corrected chi connectivity index (χ0v) is 20.0. The lowest BCUT2D eigenvalue weighted by atomic mass is 9.91. The summed E-state index contributed by atoms with van der Waals surface area (Å²) in [6.07, 6.45) is 5.24. The highest BCUT2D eigenvalue weighted by Crippen LogP contribution is 2.46. The number of H-pyrrole nitrogens is 1. The van der Waals surface area contributed by atoms with Crippen molar-refractivity contribution in [1.29, 1.82) is 0 Å². The van der Waals surface area contributed by atoms with Gasteiger partial charge in [0, 0.05) is 32.3 Å². The standard InChI is InChI=1S/C20H28N6O5S2/c1-14(15-3-9-32(28,29)11-15)10-17(27)24-33(30,31)26-8-7-25(12-20(26)4-5-20)19-16-2-6-21-18(16)22-13-23-19/h2,6,13-15H,3-5,7-12H2,1H3,(H,24,27)(H,21,22,23). The molecule has 4 heterocycles. The lowest BCUT2D eigenvalue weighted by Gasteiger charge is -2.41. The van der Waals surface area contributed by atoms with Crippen molar-refractivity contribution in [2.24, 2.45) is 11.8 Å². The van der Waals surface area contributed by atoms with Gasteiger partial charge in [0.1, 0.15) is 17.8 Å². The predicted molar refractivity (Wildman–Crippen MR) is 122 cm³/mol. The van der Waals surface area contributed by atoms with E-state index in [9.17, 15) is 21.6 Å². The maximum absolute atomic E-state index is 13.1. The van der Waals surface area contributed by atoms with Crippen LogP contribution in [-0.2, 0) is 24.8 Å². The van der Waals surface area contributed by atoms with E-state index in [4.69, 9.17) is 0 Å². The van der Waals surface area contributed by atoms with E-state index < -0.39 is 31.5 Å². The van der Waals surface area contributed by atoms with Gasteiger partial charge in [0.25, 0.3) is 0 Å². The average molecular weight is 497 g/mol. The summed E-state index contributed by atoms with van der Waals surface area (Å²) in [5.41, 5.74) is 0.180. The summed E-state index contributed by atoms with van der Waals surface area (Å²) in [7, 11) is -7.05. The number of fused-ring (bicyclic) bond motifs is 1. The number of hydrogen-bond donors (Lipinski definition) is 2. The molecular formula is C20H28N6O5S2.